The van der Waals surface area contributed by atoms with E-state index in [2.05, 4.69) is 10.6 Å². The number of nitrogens with zero attached hydrogens (tertiary/aromatic N) is 2. The SMILES string of the molecule is C[C@@]1(c2ccc(C#N)cc2)NC(=O)N(CC(=O)N[C@@H](c2ccccc2)c2ccc(Cl)cc2)C1=O. The number of amides is 4. The third kappa shape index (κ3) is 4.49. The molecule has 0 bridgehead atoms. The predicted octanol–water partition coefficient (Wildman–Crippen LogP) is 3.88. The molecule has 0 aromatic heterocycles. The first-order valence-corrected chi connectivity index (χ1v) is 10.9. The largest absolute Gasteiger partial charge is 0.344 e. The second kappa shape index (κ2) is 9.38. The summed E-state index contributed by atoms with van der Waals surface area (Å²) >= 11 is 6.02. The van der Waals surface area contributed by atoms with Crippen molar-refractivity contribution in [2.75, 3.05) is 6.54 Å². The average molecular weight is 473 g/mol. The summed E-state index contributed by atoms with van der Waals surface area (Å²) in [7, 11) is 0. The van der Waals surface area contributed by atoms with Crippen molar-refractivity contribution in [3.8, 4) is 6.07 Å². The summed E-state index contributed by atoms with van der Waals surface area (Å²) in [4.78, 5) is 39.7. The van der Waals surface area contributed by atoms with Crippen LogP contribution in [-0.4, -0.2) is 29.3 Å². The van der Waals surface area contributed by atoms with Crippen molar-refractivity contribution in [1.82, 2.24) is 15.5 Å². The molecule has 34 heavy (non-hydrogen) atoms. The van der Waals surface area contributed by atoms with E-state index in [1.54, 1.807) is 43.3 Å². The van der Waals surface area contributed by atoms with Crippen molar-refractivity contribution >= 4 is 29.4 Å². The Balaban J connectivity index is 1.53. The Bertz CT molecular complexity index is 1270. The van der Waals surface area contributed by atoms with Gasteiger partial charge in [-0.3, -0.25) is 14.5 Å². The molecule has 0 unspecified atom stereocenters. The average Bonchev–Trinajstić information content (AvgIpc) is 3.07. The zero-order chi connectivity index (χ0) is 24.3. The van der Waals surface area contributed by atoms with Gasteiger partial charge in [-0.05, 0) is 47.9 Å². The number of imide groups is 1. The molecule has 0 saturated carbocycles. The summed E-state index contributed by atoms with van der Waals surface area (Å²) in [6.45, 7) is 1.14. The van der Waals surface area contributed by atoms with Crippen LogP contribution in [0.5, 0.6) is 0 Å². The van der Waals surface area contributed by atoms with Gasteiger partial charge in [-0.15, -0.1) is 0 Å². The Labute approximate surface area is 201 Å². The lowest BCUT2D eigenvalue weighted by Crippen LogP contribution is -2.44. The number of hydrogen-bond acceptors (Lipinski definition) is 4. The maximum Gasteiger partial charge on any atom is 0.325 e. The molecule has 7 nitrogen and oxygen atoms in total. The molecule has 0 spiro atoms. The highest BCUT2D eigenvalue weighted by Crippen LogP contribution is 2.29. The fourth-order valence-corrected chi connectivity index (χ4v) is 4.05. The minimum Gasteiger partial charge on any atom is -0.344 e. The van der Waals surface area contributed by atoms with E-state index in [1.807, 2.05) is 48.5 Å². The molecule has 1 heterocycles. The van der Waals surface area contributed by atoms with Gasteiger partial charge in [0.15, 0.2) is 0 Å². The van der Waals surface area contributed by atoms with Crippen LogP contribution in [0.2, 0.25) is 5.02 Å². The van der Waals surface area contributed by atoms with E-state index in [0.29, 0.717) is 16.1 Å². The first-order valence-electron chi connectivity index (χ1n) is 10.6. The Morgan fingerprint density at radius 2 is 1.65 bits per heavy atom. The Morgan fingerprint density at radius 1 is 1.03 bits per heavy atom. The van der Waals surface area contributed by atoms with E-state index in [4.69, 9.17) is 16.9 Å². The highest BCUT2D eigenvalue weighted by molar-refractivity contribution is 6.30. The first-order chi connectivity index (χ1) is 16.3. The molecule has 2 atom stereocenters. The zero-order valence-corrected chi connectivity index (χ0v) is 19.0. The minimum atomic E-state index is -1.33. The van der Waals surface area contributed by atoms with Crippen LogP contribution in [0.3, 0.4) is 0 Å². The fraction of sp³-hybridized carbons (Fsp3) is 0.154. The molecular weight excluding hydrogens is 452 g/mol. The summed E-state index contributed by atoms with van der Waals surface area (Å²) in [5, 5.41) is 15.2. The number of urea groups is 1. The van der Waals surface area contributed by atoms with Crippen molar-refractivity contribution in [2.45, 2.75) is 18.5 Å². The highest BCUT2D eigenvalue weighted by Gasteiger charge is 2.49. The predicted molar refractivity (Wildman–Crippen MR) is 127 cm³/mol. The lowest BCUT2D eigenvalue weighted by Gasteiger charge is -2.23. The lowest BCUT2D eigenvalue weighted by atomic mass is 9.91. The van der Waals surface area contributed by atoms with Crippen LogP contribution in [0.25, 0.3) is 0 Å². The molecule has 1 fully saturated rings. The molecule has 1 saturated heterocycles. The van der Waals surface area contributed by atoms with Gasteiger partial charge in [0.1, 0.15) is 12.1 Å². The van der Waals surface area contributed by atoms with Crippen LogP contribution in [0.15, 0.2) is 78.9 Å². The van der Waals surface area contributed by atoms with E-state index < -0.39 is 36.0 Å². The molecule has 1 aliphatic rings. The number of carbonyl (C=O) groups excluding carboxylic acids is 3. The third-order valence-corrected chi connectivity index (χ3v) is 6.06. The number of nitriles is 1. The third-order valence-electron chi connectivity index (χ3n) is 5.81. The number of hydrogen-bond donors (Lipinski definition) is 2. The van der Waals surface area contributed by atoms with Gasteiger partial charge < -0.3 is 10.6 Å². The number of nitrogens with one attached hydrogen (secondary N) is 2. The van der Waals surface area contributed by atoms with Gasteiger partial charge in [-0.25, -0.2) is 4.79 Å². The Morgan fingerprint density at radius 3 is 2.26 bits per heavy atom. The topological polar surface area (TPSA) is 102 Å². The van der Waals surface area contributed by atoms with Gasteiger partial charge in [-0.1, -0.05) is 66.2 Å². The fourth-order valence-electron chi connectivity index (χ4n) is 3.92. The smallest absolute Gasteiger partial charge is 0.325 e. The summed E-state index contributed by atoms with van der Waals surface area (Å²) in [6.07, 6.45) is 0. The first kappa shape index (κ1) is 23.0. The number of rotatable bonds is 6. The molecule has 2 N–H and O–H groups in total. The standard InChI is InChI=1S/C26H21ClN4O3/c1-26(20-11-7-17(15-28)8-12-20)24(33)31(25(34)30-26)16-22(32)29-23(18-5-3-2-4-6-18)19-9-13-21(27)14-10-19/h2-14,23H,16H2,1H3,(H,29,32)(H,30,34)/t23-,26-/m0/s1. The van der Waals surface area contributed by atoms with Crippen molar-refractivity contribution in [3.05, 3.63) is 106 Å². The van der Waals surface area contributed by atoms with Crippen LogP contribution >= 0.6 is 11.6 Å². The van der Waals surface area contributed by atoms with Gasteiger partial charge in [0.2, 0.25) is 5.91 Å². The highest BCUT2D eigenvalue weighted by atomic mass is 35.5. The molecule has 170 valence electrons. The Kier molecular flexibility index (Phi) is 6.35. The molecule has 8 heteroatoms. The van der Waals surface area contributed by atoms with Crippen molar-refractivity contribution in [2.24, 2.45) is 0 Å². The van der Waals surface area contributed by atoms with E-state index in [9.17, 15) is 14.4 Å². The monoisotopic (exact) mass is 472 g/mol. The number of halogens is 1. The van der Waals surface area contributed by atoms with E-state index in [1.165, 1.54) is 0 Å². The van der Waals surface area contributed by atoms with Crippen molar-refractivity contribution in [1.29, 1.82) is 5.26 Å². The van der Waals surface area contributed by atoms with Crippen LogP contribution < -0.4 is 10.6 Å². The molecule has 3 aromatic rings. The van der Waals surface area contributed by atoms with E-state index >= 15 is 0 Å². The van der Waals surface area contributed by atoms with Gasteiger partial charge >= 0.3 is 6.03 Å². The van der Waals surface area contributed by atoms with Gasteiger partial charge in [-0.2, -0.15) is 5.26 Å². The summed E-state index contributed by atoms with van der Waals surface area (Å²) in [5.74, 6) is -1.03. The Hall–Kier alpha value is -4.15. The van der Waals surface area contributed by atoms with Gasteiger partial charge in [0, 0.05) is 5.02 Å². The van der Waals surface area contributed by atoms with Crippen molar-refractivity contribution < 1.29 is 14.4 Å². The summed E-state index contributed by atoms with van der Waals surface area (Å²) < 4.78 is 0. The lowest BCUT2D eigenvalue weighted by molar-refractivity contribution is -0.135. The van der Waals surface area contributed by atoms with E-state index in [-0.39, 0.29) is 0 Å². The maximum atomic E-state index is 13.2. The number of carbonyl (C=O) groups is 3. The molecule has 0 aliphatic carbocycles. The van der Waals surface area contributed by atoms with Crippen LogP contribution in [0, 0.1) is 11.3 Å². The number of benzene rings is 3. The van der Waals surface area contributed by atoms with Crippen LogP contribution in [0.1, 0.15) is 35.2 Å². The quantitative estimate of drug-likeness (QED) is 0.531. The summed E-state index contributed by atoms with van der Waals surface area (Å²) in [6, 6.07) is 23.7. The summed E-state index contributed by atoms with van der Waals surface area (Å²) in [5.41, 5.74) is 1.28. The van der Waals surface area contributed by atoms with Crippen LogP contribution in [-0.2, 0) is 15.1 Å². The molecule has 0 radical (unpaired) electrons. The van der Waals surface area contributed by atoms with Crippen LogP contribution in [0.4, 0.5) is 4.79 Å². The van der Waals surface area contributed by atoms with Crippen molar-refractivity contribution in [3.63, 3.8) is 0 Å². The molecule has 3 aromatic carbocycles. The van der Waals surface area contributed by atoms with Gasteiger partial charge in [0.25, 0.3) is 5.91 Å². The minimum absolute atomic E-state index is 0.437. The maximum absolute atomic E-state index is 13.2. The second-order valence-corrected chi connectivity index (χ2v) is 8.53. The normalized spacial score (nSPS) is 18.2. The zero-order valence-electron chi connectivity index (χ0n) is 18.3. The molecule has 1 aliphatic heterocycles. The van der Waals surface area contributed by atoms with Gasteiger partial charge in [0.05, 0.1) is 17.7 Å². The molecular formula is C26H21ClN4O3. The molecule has 4 amide bonds. The second-order valence-electron chi connectivity index (χ2n) is 8.10. The molecule has 4 rings (SSSR count). The van der Waals surface area contributed by atoms with E-state index in [0.717, 1.165) is 16.0 Å².